The highest BCUT2D eigenvalue weighted by Gasteiger charge is 2.27. The van der Waals surface area contributed by atoms with E-state index in [2.05, 4.69) is 33.8 Å². The van der Waals surface area contributed by atoms with E-state index < -0.39 is 0 Å². The molecule has 98 valence electrons. The van der Waals surface area contributed by atoms with Crippen molar-refractivity contribution < 1.29 is 4.79 Å². The van der Waals surface area contributed by atoms with Crippen molar-refractivity contribution in [2.45, 2.75) is 19.5 Å². The monoisotopic (exact) mass is 328 g/mol. The molecule has 0 aromatic heterocycles. The van der Waals surface area contributed by atoms with Crippen molar-refractivity contribution in [3.8, 4) is 0 Å². The first-order valence-corrected chi connectivity index (χ1v) is 7.89. The summed E-state index contributed by atoms with van der Waals surface area (Å²) in [6, 6.07) is 6.04. The van der Waals surface area contributed by atoms with Crippen molar-refractivity contribution in [3.63, 3.8) is 0 Å². The summed E-state index contributed by atoms with van der Waals surface area (Å²) in [5, 5.41) is 0. The molecule has 1 aliphatic rings. The van der Waals surface area contributed by atoms with Crippen LogP contribution in [0, 0.1) is 6.92 Å². The van der Waals surface area contributed by atoms with Crippen LogP contribution in [-0.4, -0.2) is 34.9 Å². The second-order valence-electron chi connectivity index (χ2n) is 4.49. The summed E-state index contributed by atoms with van der Waals surface area (Å²) >= 11 is 5.34. The molecule has 1 atom stereocenters. The van der Waals surface area contributed by atoms with Gasteiger partial charge in [0.25, 0.3) is 0 Å². The third kappa shape index (κ3) is 3.08. The maximum absolute atomic E-state index is 11.5. The SMILES string of the molecule is Cc1c(Br)cccc1CN1CCSC[C@@H]1C(N)=O. The predicted molar refractivity (Wildman–Crippen MR) is 79.6 cm³/mol. The van der Waals surface area contributed by atoms with Crippen LogP contribution in [0.1, 0.15) is 11.1 Å². The molecule has 0 bridgehead atoms. The molecule has 1 fully saturated rings. The number of primary amides is 1. The van der Waals surface area contributed by atoms with E-state index in [1.807, 2.05) is 12.1 Å². The third-order valence-electron chi connectivity index (χ3n) is 3.32. The van der Waals surface area contributed by atoms with E-state index in [-0.39, 0.29) is 11.9 Å². The molecule has 0 spiro atoms. The van der Waals surface area contributed by atoms with Gasteiger partial charge >= 0.3 is 0 Å². The molecule has 1 heterocycles. The van der Waals surface area contributed by atoms with Gasteiger partial charge in [-0.1, -0.05) is 28.1 Å². The number of amides is 1. The van der Waals surface area contributed by atoms with Gasteiger partial charge < -0.3 is 5.73 Å². The van der Waals surface area contributed by atoms with Crippen molar-refractivity contribution in [1.29, 1.82) is 0 Å². The van der Waals surface area contributed by atoms with Crippen LogP contribution in [0.3, 0.4) is 0 Å². The zero-order chi connectivity index (χ0) is 13.1. The quantitative estimate of drug-likeness (QED) is 0.924. The molecule has 0 saturated carbocycles. The molecule has 0 radical (unpaired) electrons. The van der Waals surface area contributed by atoms with Gasteiger partial charge in [0.05, 0.1) is 6.04 Å². The summed E-state index contributed by atoms with van der Waals surface area (Å²) in [5.74, 6) is 1.66. The Morgan fingerprint density at radius 3 is 3.11 bits per heavy atom. The number of thioether (sulfide) groups is 1. The number of nitrogens with two attached hydrogens (primary N) is 1. The van der Waals surface area contributed by atoms with E-state index in [1.54, 1.807) is 11.8 Å². The number of nitrogens with zero attached hydrogens (tertiary/aromatic N) is 1. The average molecular weight is 329 g/mol. The molecule has 0 unspecified atom stereocenters. The van der Waals surface area contributed by atoms with Gasteiger partial charge in [0.15, 0.2) is 0 Å². The summed E-state index contributed by atoms with van der Waals surface area (Å²) in [4.78, 5) is 13.7. The van der Waals surface area contributed by atoms with Gasteiger partial charge in [0, 0.05) is 29.1 Å². The number of hydrogen-bond acceptors (Lipinski definition) is 3. The Bertz CT molecular complexity index is 453. The normalized spacial score (nSPS) is 20.9. The Labute approximate surface area is 120 Å². The minimum atomic E-state index is -0.213. The number of carbonyl (C=O) groups excluding carboxylic acids is 1. The van der Waals surface area contributed by atoms with Crippen LogP contribution in [-0.2, 0) is 11.3 Å². The summed E-state index contributed by atoms with van der Waals surface area (Å²) in [6.45, 7) is 3.81. The van der Waals surface area contributed by atoms with Gasteiger partial charge in [0.2, 0.25) is 5.91 Å². The minimum absolute atomic E-state index is 0.137. The fourth-order valence-electron chi connectivity index (χ4n) is 2.13. The number of halogens is 1. The lowest BCUT2D eigenvalue weighted by Crippen LogP contribution is -2.49. The van der Waals surface area contributed by atoms with Crippen molar-refractivity contribution in [2.24, 2.45) is 5.73 Å². The van der Waals surface area contributed by atoms with Gasteiger partial charge in [0.1, 0.15) is 0 Å². The first kappa shape index (κ1) is 13.9. The van der Waals surface area contributed by atoms with Crippen molar-refractivity contribution in [3.05, 3.63) is 33.8 Å². The predicted octanol–water partition coefficient (Wildman–Crippen LogP) is 2.16. The lowest BCUT2D eigenvalue weighted by molar-refractivity contribution is -0.122. The van der Waals surface area contributed by atoms with E-state index in [0.717, 1.165) is 29.1 Å². The molecule has 1 aromatic carbocycles. The van der Waals surface area contributed by atoms with Crippen LogP contribution < -0.4 is 5.73 Å². The fraction of sp³-hybridized carbons (Fsp3) is 0.462. The minimum Gasteiger partial charge on any atom is -0.368 e. The van der Waals surface area contributed by atoms with Gasteiger partial charge in [-0.15, -0.1) is 0 Å². The topological polar surface area (TPSA) is 46.3 Å². The van der Waals surface area contributed by atoms with Crippen LogP contribution in [0.15, 0.2) is 22.7 Å². The number of carbonyl (C=O) groups is 1. The van der Waals surface area contributed by atoms with Crippen molar-refractivity contribution in [1.82, 2.24) is 4.90 Å². The molecular weight excluding hydrogens is 312 g/mol. The second kappa shape index (κ2) is 6.08. The molecule has 1 aromatic rings. The molecule has 1 aliphatic heterocycles. The zero-order valence-electron chi connectivity index (χ0n) is 10.4. The van der Waals surface area contributed by atoms with E-state index in [0.29, 0.717) is 0 Å². The van der Waals surface area contributed by atoms with Crippen LogP contribution in [0.2, 0.25) is 0 Å². The lowest BCUT2D eigenvalue weighted by Gasteiger charge is -2.33. The van der Waals surface area contributed by atoms with E-state index in [4.69, 9.17) is 5.73 Å². The van der Waals surface area contributed by atoms with Gasteiger partial charge in [-0.3, -0.25) is 9.69 Å². The number of rotatable bonds is 3. The van der Waals surface area contributed by atoms with Gasteiger partial charge in [-0.2, -0.15) is 11.8 Å². The summed E-state index contributed by atoms with van der Waals surface area (Å²) < 4.78 is 1.11. The van der Waals surface area contributed by atoms with E-state index >= 15 is 0 Å². The van der Waals surface area contributed by atoms with Crippen LogP contribution in [0.4, 0.5) is 0 Å². The fourth-order valence-corrected chi connectivity index (χ4v) is 3.67. The van der Waals surface area contributed by atoms with Gasteiger partial charge in [-0.05, 0) is 24.1 Å². The molecule has 1 saturated heterocycles. The molecule has 5 heteroatoms. The summed E-state index contributed by atoms with van der Waals surface area (Å²) in [7, 11) is 0. The largest absolute Gasteiger partial charge is 0.368 e. The number of benzene rings is 1. The molecule has 3 nitrogen and oxygen atoms in total. The average Bonchev–Trinajstić information content (AvgIpc) is 2.35. The highest BCUT2D eigenvalue weighted by Crippen LogP contribution is 2.24. The highest BCUT2D eigenvalue weighted by molar-refractivity contribution is 9.10. The highest BCUT2D eigenvalue weighted by atomic mass is 79.9. The van der Waals surface area contributed by atoms with E-state index in [9.17, 15) is 4.79 Å². The standard InChI is InChI=1S/C13H17BrN2OS/c1-9-10(3-2-4-11(9)14)7-16-5-6-18-8-12(16)13(15)17/h2-4,12H,5-8H2,1H3,(H2,15,17)/t12-/m1/s1. The third-order valence-corrected chi connectivity index (χ3v) is 5.20. The molecule has 0 aliphatic carbocycles. The Kier molecular flexibility index (Phi) is 4.70. The molecule has 2 N–H and O–H groups in total. The maximum Gasteiger partial charge on any atom is 0.235 e. The molecule has 18 heavy (non-hydrogen) atoms. The maximum atomic E-state index is 11.5. The first-order chi connectivity index (χ1) is 8.59. The van der Waals surface area contributed by atoms with Crippen molar-refractivity contribution in [2.75, 3.05) is 18.1 Å². The van der Waals surface area contributed by atoms with E-state index in [1.165, 1.54) is 11.1 Å². The Morgan fingerprint density at radius 2 is 2.39 bits per heavy atom. The Balaban J connectivity index is 2.16. The second-order valence-corrected chi connectivity index (χ2v) is 6.49. The van der Waals surface area contributed by atoms with Crippen LogP contribution in [0.5, 0.6) is 0 Å². The number of hydrogen-bond donors (Lipinski definition) is 1. The lowest BCUT2D eigenvalue weighted by atomic mass is 10.1. The summed E-state index contributed by atoms with van der Waals surface area (Å²) in [6.07, 6.45) is 0. The van der Waals surface area contributed by atoms with Crippen molar-refractivity contribution >= 4 is 33.6 Å². The molecule has 1 amide bonds. The molecule has 2 rings (SSSR count). The Morgan fingerprint density at radius 1 is 1.61 bits per heavy atom. The summed E-state index contributed by atoms with van der Waals surface area (Å²) in [5.41, 5.74) is 7.96. The van der Waals surface area contributed by atoms with Gasteiger partial charge in [-0.25, -0.2) is 0 Å². The zero-order valence-corrected chi connectivity index (χ0v) is 12.8. The van der Waals surface area contributed by atoms with Crippen LogP contribution in [0.25, 0.3) is 0 Å². The Hall–Kier alpha value is -0.520. The molecular formula is C13H17BrN2OS. The first-order valence-electron chi connectivity index (χ1n) is 5.94. The smallest absolute Gasteiger partial charge is 0.235 e. The van der Waals surface area contributed by atoms with Crippen LogP contribution >= 0.6 is 27.7 Å².